The van der Waals surface area contributed by atoms with Crippen LogP contribution >= 0.6 is 0 Å². The van der Waals surface area contributed by atoms with Crippen molar-refractivity contribution < 1.29 is 31.5 Å². The van der Waals surface area contributed by atoms with Crippen molar-refractivity contribution in [1.82, 2.24) is 9.29 Å². The van der Waals surface area contributed by atoms with Gasteiger partial charge in [-0.25, -0.2) is 21.9 Å². The standard InChI is InChI=1S/C17H19F2N3O5S/c1-9(26-3)13-8-27-16-14(28(24,25)21-13)7-22(2)15(16)17(23)20-10-4-5-11(18)12(19)6-10/h4-7,9,13,21H,8H2,1-3H3,(H,20,23)/t9-,13-/m1/s1. The van der Waals surface area contributed by atoms with Gasteiger partial charge in [0.05, 0.1) is 12.1 Å². The summed E-state index contributed by atoms with van der Waals surface area (Å²) >= 11 is 0. The fourth-order valence-electron chi connectivity index (χ4n) is 2.80. The number of halogens is 2. The van der Waals surface area contributed by atoms with Crippen LogP contribution in [-0.2, 0) is 21.8 Å². The van der Waals surface area contributed by atoms with Gasteiger partial charge < -0.3 is 19.4 Å². The van der Waals surface area contributed by atoms with E-state index in [1.165, 1.54) is 31.0 Å². The molecule has 0 bridgehead atoms. The van der Waals surface area contributed by atoms with Crippen LogP contribution in [-0.4, -0.2) is 44.8 Å². The molecule has 0 aliphatic carbocycles. The highest BCUT2D eigenvalue weighted by atomic mass is 32.2. The Labute approximate surface area is 160 Å². The van der Waals surface area contributed by atoms with Crippen LogP contribution in [0.25, 0.3) is 0 Å². The van der Waals surface area contributed by atoms with Gasteiger partial charge in [-0.3, -0.25) is 4.79 Å². The maximum atomic E-state index is 13.4. The predicted molar refractivity (Wildman–Crippen MR) is 95.8 cm³/mol. The minimum absolute atomic E-state index is 0.0133. The summed E-state index contributed by atoms with van der Waals surface area (Å²) in [6.07, 6.45) is 0.782. The van der Waals surface area contributed by atoms with Crippen molar-refractivity contribution in [2.45, 2.75) is 24.0 Å². The van der Waals surface area contributed by atoms with Crippen molar-refractivity contribution in [1.29, 1.82) is 0 Å². The molecule has 0 spiro atoms. The van der Waals surface area contributed by atoms with Crippen LogP contribution in [0.1, 0.15) is 17.4 Å². The summed E-state index contributed by atoms with van der Waals surface area (Å²) in [4.78, 5) is 12.5. The Bertz CT molecular complexity index is 1020. The smallest absolute Gasteiger partial charge is 0.276 e. The van der Waals surface area contributed by atoms with Crippen LogP contribution in [0.5, 0.6) is 5.75 Å². The lowest BCUT2D eigenvalue weighted by atomic mass is 10.2. The van der Waals surface area contributed by atoms with E-state index in [4.69, 9.17) is 9.47 Å². The minimum atomic E-state index is -3.97. The lowest BCUT2D eigenvalue weighted by Gasteiger charge is -2.21. The molecule has 2 atom stereocenters. The van der Waals surface area contributed by atoms with E-state index in [2.05, 4.69) is 10.0 Å². The van der Waals surface area contributed by atoms with Gasteiger partial charge in [0.1, 0.15) is 11.5 Å². The van der Waals surface area contributed by atoms with Crippen molar-refractivity contribution in [3.05, 3.63) is 41.7 Å². The average Bonchev–Trinajstić information content (AvgIpc) is 2.92. The van der Waals surface area contributed by atoms with Crippen molar-refractivity contribution in [2.24, 2.45) is 7.05 Å². The van der Waals surface area contributed by atoms with Gasteiger partial charge in [0.2, 0.25) is 10.0 Å². The summed E-state index contributed by atoms with van der Waals surface area (Å²) in [7, 11) is -1.05. The third-order valence-electron chi connectivity index (χ3n) is 4.44. The van der Waals surface area contributed by atoms with E-state index < -0.39 is 39.7 Å². The molecular weight excluding hydrogens is 396 g/mol. The molecule has 2 heterocycles. The third kappa shape index (κ3) is 3.73. The van der Waals surface area contributed by atoms with Crippen LogP contribution in [0.2, 0.25) is 0 Å². The molecule has 0 fully saturated rings. The number of sulfonamides is 1. The number of amides is 1. The molecule has 152 valence electrons. The number of anilines is 1. The highest BCUT2D eigenvalue weighted by molar-refractivity contribution is 7.89. The first-order valence-electron chi connectivity index (χ1n) is 8.27. The number of aryl methyl sites for hydroxylation is 1. The predicted octanol–water partition coefficient (Wildman–Crippen LogP) is 1.63. The normalized spacial score (nSPS) is 19.2. The monoisotopic (exact) mass is 415 g/mol. The lowest BCUT2D eigenvalue weighted by Crippen LogP contribution is -2.45. The number of nitrogens with one attached hydrogen (secondary N) is 2. The number of nitrogens with zero attached hydrogens (tertiary/aromatic N) is 1. The number of carbonyl (C=O) groups excluding carboxylic acids is 1. The van der Waals surface area contributed by atoms with Crippen molar-refractivity contribution in [3.63, 3.8) is 0 Å². The maximum Gasteiger partial charge on any atom is 0.276 e. The zero-order valence-electron chi connectivity index (χ0n) is 15.3. The van der Waals surface area contributed by atoms with E-state index in [0.29, 0.717) is 0 Å². The van der Waals surface area contributed by atoms with Gasteiger partial charge in [0, 0.05) is 32.1 Å². The number of hydrogen-bond acceptors (Lipinski definition) is 5. The number of benzene rings is 1. The largest absolute Gasteiger partial charge is 0.488 e. The molecule has 2 N–H and O–H groups in total. The van der Waals surface area contributed by atoms with Gasteiger partial charge in [0.15, 0.2) is 23.1 Å². The molecule has 0 saturated heterocycles. The summed E-state index contributed by atoms with van der Waals surface area (Å²) in [6.45, 7) is 1.62. The van der Waals surface area contributed by atoms with E-state index in [1.807, 2.05) is 0 Å². The molecule has 1 aliphatic heterocycles. The van der Waals surface area contributed by atoms with Crippen LogP contribution < -0.4 is 14.8 Å². The first-order chi connectivity index (χ1) is 13.1. The molecule has 0 radical (unpaired) electrons. The van der Waals surface area contributed by atoms with Gasteiger partial charge in [-0.05, 0) is 19.1 Å². The maximum absolute atomic E-state index is 13.4. The number of ether oxygens (including phenoxy) is 2. The number of aromatic nitrogens is 1. The molecule has 1 amide bonds. The molecule has 11 heteroatoms. The van der Waals surface area contributed by atoms with Crippen molar-refractivity contribution >= 4 is 21.6 Å². The fourth-order valence-corrected chi connectivity index (χ4v) is 4.28. The number of rotatable bonds is 4. The molecule has 0 unspecified atom stereocenters. The van der Waals surface area contributed by atoms with Gasteiger partial charge in [0.25, 0.3) is 5.91 Å². The number of carbonyl (C=O) groups is 1. The van der Waals surface area contributed by atoms with Gasteiger partial charge in [-0.1, -0.05) is 0 Å². The third-order valence-corrected chi connectivity index (χ3v) is 5.92. The quantitative estimate of drug-likeness (QED) is 0.791. The van der Waals surface area contributed by atoms with Crippen LogP contribution in [0.15, 0.2) is 29.3 Å². The Kier molecular flexibility index (Phi) is 5.41. The molecule has 8 nitrogen and oxygen atoms in total. The van der Waals surface area contributed by atoms with Gasteiger partial charge in [-0.2, -0.15) is 0 Å². The Morgan fingerprint density at radius 2 is 2.11 bits per heavy atom. The van der Waals surface area contributed by atoms with Crippen LogP contribution in [0, 0.1) is 11.6 Å². The van der Waals surface area contributed by atoms with Gasteiger partial charge in [-0.15, -0.1) is 0 Å². The highest BCUT2D eigenvalue weighted by Gasteiger charge is 2.36. The van der Waals surface area contributed by atoms with E-state index in [0.717, 1.165) is 12.1 Å². The van der Waals surface area contributed by atoms with E-state index in [-0.39, 0.29) is 28.6 Å². The Morgan fingerprint density at radius 3 is 2.75 bits per heavy atom. The lowest BCUT2D eigenvalue weighted by molar-refractivity contribution is 0.0723. The number of hydrogen-bond donors (Lipinski definition) is 2. The topological polar surface area (TPSA) is 98.7 Å². The highest BCUT2D eigenvalue weighted by Crippen LogP contribution is 2.33. The zero-order valence-corrected chi connectivity index (χ0v) is 16.1. The first kappa shape index (κ1) is 20.2. The Morgan fingerprint density at radius 1 is 1.39 bits per heavy atom. The van der Waals surface area contributed by atoms with Crippen molar-refractivity contribution in [3.8, 4) is 5.75 Å². The summed E-state index contributed by atoms with van der Waals surface area (Å²) in [5, 5.41) is 2.41. The summed E-state index contributed by atoms with van der Waals surface area (Å²) in [6, 6.07) is 2.23. The second-order valence-corrected chi connectivity index (χ2v) is 8.03. The first-order valence-corrected chi connectivity index (χ1v) is 9.76. The zero-order chi connectivity index (χ0) is 20.6. The minimum Gasteiger partial charge on any atom is -0.488 e. The molecule has 1 aliphatic rings. The molecule has 0 saturated carbocycles. The average molecular weight is 415 g/mol. The van der Waals surface area contributed by atoms with Crippen LogP contribution in [0.3, 0.4) is 0 Å². The second-order valence-electron chi connectivity index (χ2n) is 6.34. The second kappa shape index (κ2) is 7.49. The van der Waals surface area contributed by atoms with E-state index in [1.54, 1.807) is 6.92 Å². The molecule has 1 aromatic heterocycles. The molecular formula is C17H19F2N3O5S. The SMILES string of the molecule is CO[C@H](C)[C@H]1COc2c(cn(C)c2C(=O)Nc2ccc(F)c(F)c2)S(=O)(=O)N1. The fraction of sp³-hybridized carbons (Fsp3) is 0.353. The summed E-state index contributed by atoms with van der Waals surface area (Å²) in [5.41, 5.74) is -0.0600. The van der Waals surface area contributed by atoms with Crippen LogP contribution in [0.4, 0.5) is 14.5 Å². The molecule has 3 rings (SSSR count). The molecule has 1 aromatic carbocycles. The summed E-state index contributed by atoms with van der Waals surface area (Å²) in [5.74, 6) is -3.03. The van der Waals surface area contributed by atoms with Gasteiger partial charge >= 0.3 is 0 Å². The Hall–Kier alpha value is -2.50. The van der Waals surface area contributed by atoms with E-state index >= 15 is 0 Å². The summed E-state index contributed by atoms with van der Waals surface area (Å²) < 4.78 is 66.4. The molecule has 2 aromatic rings. The number of methoxy groups -OCH3 is 1. The van der Waals surface area contributed by atoms with Crippen molar-refractivity contribution in [2.75, 3.05) is 19.0 Å². The molecule has 28 heavy (non-hydrogen) atoms. The Balaban J connectivity index is 1.96. The number of fused-ring (bicyclic) bond motifs is 1. The van der Waals surface area contributed by atoms with E-state index in [9.17, 15) is 22.0 Å².